The maximum absolute atomic E-state index is 12.1. The third-order valence-electron chi connectivity index (χ3n) is 2.94. The standard InChI is InChI=1S/C15H19N3O2/c1-4-18-11(3)10-14(17-18)15(19)16-12-6-8-13(9-7-12)20-5-2/h6-10H,4-5H2,1-3H3,(H,16,19). The molecule has 1 N–H and O–H groups in total. The molecule has 0 saturated carbocycles. The summed E-state index contributed by atoms with van der Waals surface area (Å²) in [5.74, 6) is 0.584. The van der Waals surface area contributed by atoms with Crippen LogP contribution in [0.25, 0.3) is 0 Å². The maximum atomic E-state index is 12.1. The van der Waals surface area contributed by atoms with Gasteiger partial charge in [-0.15, -0.1) is 0 Å². The zero-order valence-electron chi connectivity index (χ0n) is 12.0. The average Bonchev–Trinajstić information content (AvgIpc) is 2.82. The number of carbonyl (C=O) groups excluding carboxylic acids is 1. The molecule has 0 unspecified atom stereocenters. The largest absolute Gasteiger partial charge is 0.494 e. The van der Waals surface area contributed by atoms with Crippen molar-refractivity contribution in [2.45, 2.75) is 27.3 Å². The van der Waals surface area contributed by atoms with Gasteiger partial charge in [-0.3, -0.25) is 9.48 Å². The number of aromatic nitrogens is 2. The van der Waals surface area contributed by atoms with Crippen molar-refractivity contribution < 1.29 is 9.53 Å². The molecule has 0 fully saturated rings. The fraction of sp³-hybridized carbons (Fsp3) is 0.333. The van der Waals surface area contributed by atoms with Crippen molar-refractivity contribution in [1.29, 1.82) is 0 Å². The van der Waals surface area contributed by atoms with E-state index in [9.17, 15) is 4.79 Å². The summed E-state index contributed by atoms with van der Waals surface area (Å²) in [5, 5.41) is 7.07. The molecule has 106 valence electrons. The molecule has 0 bridgehead atoms. The number of nitrogens with one attached hydrogen (secondary N) is 1. The minimum atomic E-state index is -0.204. The summed E-state index contributed by atoms with van der Waals surface area (Å²) in [5.41, 5.74) is 2.13. The molecule has 0 atom stereocenters. The highest BCUT2D eigenvalue weighted by atomic mass is 16.5. The second-order valence-corrected chi connectivity index (χ2v) is 4.40. The molecule has 5 heteroatoms. The van der Waals surface area contributed by atoms with Crippen LogP contribution in [-0.2, 0) is 6.54 Å². The molecule has 1 amide bonds. The Balaban J connectivity index is 2.06. The summed E-state index contributed by atoms with van der Waals surface area (Å²) in [6.45, 7) is 7.24. The number of amides is 1. The van der Waals surface area contributed by atoms with Gasteiger partial charge in [0.05, 0.1) is 6.61 Å². The van der Waals surface area contributed by atoms with Gasteiger partial charge in [0, 0.05) is 17.9 Å². The molecule has 1 heterocycles. The second-order valence-electron chi connectivity index (χ2n) is 4.40. The Hall–Kier alpha value is -2.30. The Kier molecular flexibility index (Phi) is 4.40. The van der Waals surface area contributed by atoms with Crippen LogP contribution in [0.5, 0.6) is 5.75 Å². The lowest BCUT2D eigenvalue weighted by Gasteiger charge is -2.05. The Bertz CT molecular complexity index is 588. The summed E-state index contributed by atoms with van der Waals surface area (Å²) >= 11 is 0. The average molecular weight is 273 g/mol. The molecule has 5 nitrogen and oxygen atoms in total. The van der Waals surface area contributed by atoms with Gasteiger partial charge < -0.3 is 10.1 Å². The highest BCUT2D eigenvalue weighted by molar-refractivity contribution is 6.02. The van der Waals surface area contributed by atoms with Gasteiger partial charge in [0.1, 0.15) is 5.75 Å². The second kappa shape index (κ2) is 6.23. The first-order chi connectivity index (χ1) is 9.63. The molecule has 1 aromatic heterocycles. The molecular formula is C15H19N3O2. The van der Waals surface area contributed by atoms with E-state index in [1.807, 2.05) is 45.0 Å². The minimum absolute atomic E-state index is 0.204. The van der Waals surface area contributed by atoms with Crippen molar-refractivity contribution in [3.63, 3.8) is 0 Å². The first-order valence-electron chi connectivity index (χ1n) is 6.72. The van der Waals surface area contributed by atoms with Gasteiger partial charge in [0.2, 0.25) is 0 Å². The number of hydrogen-bond acceptors (Lipinski definition) is 3. The van der Waals surface area contributed by atoms with Gasteiger partial charge in [0.25, 0.3) is 5.91 Å². The first-order valence-corrected chi connectivity index (χ1v) is 6.72. The lowest BCUT2D eigenvalue weighted by Crippen LogP contribution is -2.13. The lowest BCUT2D eigenvalue weighted by atomic mass is 10.3. The van der Waals surface area contributed by atoms with Crippen LogP contribution in [-0.4, -0.2) is 22.3 Å². The fourth-order valence-electron chi connectivity index (χ4n) is 1.94. The van der Waals surface area contributed by atoms with Crippen LogP contribution in [0.1, 0.15) is 30.0 Å². The van der Waals surface area contributed by atoms with Crippen molar-refractivity contribution >= 4 is 11.6 Å². The molecule has 1 aromatic carbocycles. The maximum Gasteiger partial charge on any atom is 0.276 e. The third kappa shape index (κ3) is 3.17. The quantitative estimate of drug-likeness (QED) is 0.911. The molecule has 0 aliphatic rings. The highest BCUT2D eigenvalue weighted by Crippen LogP contribution is 2.16. The van der Waals surface area contributed by atoms with E-state index in [2.05, 4.69) is 10.4 Å². The smallest absolute Gasteiger partial charge is 0.276 e. The summed E-state index contributed by atoms with van der Waals surface area (Å²) in [7, 11) is 0. The van der Waals surface area contributed by atoms with Crippen molar-refractivity contribution in [3.05, 3.63) is 41.7 Å². The lowest BCUT2D eigenvalue weighted by molar-refractivity contribution is 0.102. The fourth-order valence-corrected chi connectivity index (χ4v) is 1.94. The number of nitrogens with zero attached hydrogens (tertiary/aromatic N) is 2. The van der Waals surface area contributed by atoms with E-state index in [4.69, 9.17) is 4.74 Å². The van der Waals surface area contributed by atoms with Gasteiger partial charge >= 0.3 is 0 Å². The van der Waals surface area contributed by atoms with Crippen LogP contribution in [0.3, 0.4) is 0 Å². The molecule has 2 aromatic rings. The van der Waals surface area contributed by atoms with Crippen LogP contribution in [0.4, 0.5) is 5.69 Å². The normalized spacial score (nSPS) is 10.3. The highest BCUT2D eigenvalue weighted by Gasteiger charge is 2.11. The van der Waals surface area contributed by atoms with Gasteiger partial charge in [-0.2, -0.15) is 5.10 Å². The van der Waals surface area contributed by atoms with Crippen molar-refractivity contribution in [3.8, 4) is 5.75 Å². The van der Waals surface area contributed by atoms with E-state index in [1.54, 1.807) is 10.7 Å². The van der Waals surface area contributed by atoms with Crippen LogP contribution >= 0.6 is 0 Å². The Labute approximate surface area is 118 Å². The van der Waals surface area contributed by atoms with E-state index >= 15 is 0 Å². The SMILES string of the molecule is CCOc1ccc(NC(=O)c2cc(C)n(CC)n2)cc1. The van der Waals surface area contributed by atoms with Crippen molar-refractivity contribution in [2.75, 3.05) is 11.9 Å². The van der Waals surface area contributed by atoms with E-state index < -0.39 is 0 Å². The number of aryl methyl sites for hydroxylation is 2. The van der Waals surface area contributed by atoms with E-state index in [1.165, 1.54) is 0 Å². The van der Waals surface area contributed by atoms with Gasteiger partial charge in [-0.1, -0.05) is 0 Å². The Morgan fingerprint density at radius 2 is 2.00 bits per heavy atom. The van der Waals surface area contributed by atoms with Crippen LogP contribution in [0.2, 0.25) is 0 Å². The molecule has 2 rings (SSSR count). The molecular weight excluding hydrogens is 254 g/mol. The Morgan fingerprint density at radius 1 is 1.30 bits per heavy atom. The zero-order valence-corrected chi connectivity index (χ0v) is 12.0. The molecule has 0 aliphatic heterocycles. The molecule has 0 aliphatic carbocycles. The molecule has 0 spiro atoms. The zero-order chi connectivity index (χ0) is 14.5. The predicted octanol–water partition coefficient (Wildman–Crippen LogP) is 2.86. The van der Waals surface area contributed by atoms with Crippen LogP contribution in [0, 0.1) is 6.92 Å². The summed E-state index contributed by atoms with van der Waals surface area (Å²) in [6.07, 6.45) is 0. The van der Waals surface area contributed by atoms with E-state index in [0.29, 0.717) is 12.3 Å². The number of carbonyl (C=O) groups is 1. The predicted molar refractivity (Wildman–Crippen MR) is 78.2 cm³/mol. The van der Waals surface area contributed by atoms with Gasteiger partial charge in [0.15, 0.2) is 5.69 Å². The topological polar surface area (TPSA) is 56.1 Å². The molecule has 0 saturated heterocycles. The third-order valence-corrected chi connectivity index (χ3v) is 2.94. The van der Waals surface area contributed by atoms with Crippen molar-refractivity contribution in [1.82, 2.24) is 9.78 Å². The minimum Gasteiger partial charge on any atom is -0.494 e. The Morgan fingerprint density at radius 3 is 2.55 bits per heavy atom. The molecule has 0 radical (unpaired) electrons. The number of hydrogen-bond donors (Lipinski definition) is 1. The monoisotopic (exact) mass is 273 g/mol. The van der Waals surface area contributed by atoms with E-state index in [0.717, 1.165) is 23.7 Å². The summed E-state index contributed by atoms with van der Waals surface area (Å²) < 4.78 is 7.15. The van der Waals surface area contributed by atoms with Gasteiger partial charge in [-0.25, -0.2) is 0 Å². The number of anilines is 1. The molecule has 20 heavy (non-hydrogen) atoms. The van der Waals surface area contributed by atoms with E-state index in [-0.39, 0.29) is 5.91 Å². The van der Waals surface area contributed by atoms with Gasteiger partial charge in [-0.05, 0) is 51.1 Å². The summed E-state index contributed by atoms with van der Waals surface area (Å²) in [4.78, 5) is 12.1. The van der Waals surface area contributed by atoms with Crippen LogP contribution in [0.15, 0.2) is 30.3 Å². The first kappa shape index (κ1) is 14.1. The number of ether oxygens (including phenoxy) is 1. The van der Waals surface area contributed by atoms with Crippen molar-refractivity contribution in [2.24, 2.45) is 0 Å². The van der Waals surface area contributed by atoms with Crippen LogP contribution < -0.4 is 10.1 Å². The number of benzene rings is 1. The summed E-state index contributed by atoms with van der Waals surface area (Å²) in [6, 6.07) is 9.07. The number of rotatable bonds is 5.